The molecule has 3 heterocycles. The van der Waals surface area contributed by atoms with Crippen molar-refractivity contribution in [3.8, 4) is 22.4 Å². The Hall–Kier alpha value is -3.24. The molecule has 1 aliphatic heterocycles. The van der Waals surface area contributed by atoms with E-state index in [-0.39, 0.29) is 5.54 Å². The molecule has 39 heavy (non-hydrogen) atoms. The number of alkyl halides is 3. The molecule has 4 aromatic rings. The number of aromatic nitrogens is 3. The third-order valence-electron chi connectivity index (χ3n) is 8.44. The molecule has 0 spiro atoms. The monoisotopic (exact) mass is 554 g/mol. The highest BCUT2D eigenvalue weighted by molar-refractivity contribution is 7.92. The molecule has 1 aliphatic carbocycles. The van der Waals surface area contributed by atoms with Crippen molar-refractivity contribution in [3.05, 3.63) is 65.9 Å². The number of likely N-dealkylation sites (tertiary alicyclic amines) is 1. The van der Waals surface area contributed by atoms with Gasteiger partial charge in [-0.3, -0.25) is 10.00 Å². The zero-order chi connectivity index (χ0) is 27.4. The Morgan fingerprint density at radius 1 is 0.897 bits per heavy atom. The predicted octanol–water partition coefficient (Wildman–Crippen LogP) is 6.32. The third-order valence-corrected chi connectivity index (χ3v) is 9.94. The summed E-state index contributed by atoms with van der Waals surface area (Å²) in [6, 6.07) is 13.2. The standard InChI is InChI=1S/C29H29F3N4O2S/c1-28(36-14-2-3-15-36)12-10-19-4-5-21(16-22(19)11-13-28)23-17-25-26(34-35-27(25)33-18-23)20-6-8-24(9-7-20)39(37,38)29(30,31)32/h4-9,16-18H,2-3,10-15H2,1H3,(H,33,34,35). The zero-order valence-corrected chi connectivity index (χ0v) is 22.4. The molecular weight excluding hydrogens is 525 g/mol. The van der Waals surface area contributed by atoms with Gasteiger partial charge >= 0.3 is 5.51 Å². The van der Waals surface area contributed by atoms with E-state index in [0.29, 0.717) is 22.3 Å². The van der Waals surface area contributed by atoms with E-state index in [9.17, 15) is 21.6 Å². The highest BCUT2D eigenvalue weighted by Crippen LogP contribution is 2.37. The van der Waals surface area contributed by atoms with Crippen LogP contribution in [0.4, 0.5) is 13.2 Å². The molecule has 0 saturated carbocycles. The molecule has 6 rings (SSSR count). The first-order valence-corrected chi connectivity index (χ1v) is 14.7. The summed E-state index contributed by atoms with van der Waals surface area (Å²) in [5, 5.41) is 7.84. The lowest BCUT2D eigenvalue weighted by Gasteiger charge is -2.38. The molecule has 2 aromatic carbocycles. The van der Waals surface area contributed by atoms with E-state index in [1.807, 2.05) is 6.07 Å². The average Bonchev–Trinajstić information content (AvgIpc) is 3.58. The Balaban J connectivity index is 1.30. The highest BCUT2D eigenvalue weighted by Gasteiger charge is 2.46. The lowest BCUT2D eigenvalue weighted by molar-refractivity contribution is -0.0436. The second kappa shape index (κ2) is 9.45. The second-order valence-electron chi connectivity index (χ2n) is 10.8. The van der Waals surface area contributed by atoms with Crippen LogP contribution in [0.5, 0.6) is 0 Å². The first-order chi connectivity index (χ1) is 18.5. The molecule has 1 saturated heterocycles. The number of rotatable bonds is 4. The van der Waals surface area contributed by atoms with Gasteiger partial charge in [0.1, 0.15) is 0 Å². The van der Waals surface area contributed by atoms with Gasteiger partial charge < -0.3 is 0 Å². The first kappa shape index (κ1) is 26.0. The van der Waals surface area contributed by atoms with Crippen LogP contribution >= 0.6 is 0 Å². The second-order valence-corrected chi connectivity index (χ2v) is 12.8. The van der Waals surface area contributed by atoms with Crippen molar-refractivity contribution in [2.24, 2.45) is 0 Å². The molecule has 204 valence electrons. The van der Waals surface area contributed by atoms with Gasteiger partial charge in [0.15, 0.2) is 5.65 Å². The van der Waals surface area contributed by atoms with Crippen molar-refractivity contribution in [2.75, 3.05) is 13.1 Å². The molecule has 6 nitrogen and oxygen atoms in total. The van der Waals surface area contributed by atoms with E-state index in [1.165, 1.54) is 49.2 Å². The summed E-state index contributed by atoms with van der Waals surface area (Å²) in [5.41, 5.74) is 1.15. The molecule has 0 radical (unpaired) electrons. The van der Waals surface area contributed by atoms with Crippen LogP contribution in [-0.4, -0.2) is 52.6 Å². The fraction of sp³-hybridized carbons (Fsp3) is 0.379. The smallest absolute Gasteiger partial charge is 0.298 e. The SMILES string of the molecule is CC1(N2CCCC2)CCc2ccc(-c3cnc4n[nH]c(-c5ccc(S(=O)(=O)C(F)(F)F)cc5)c4c3)cc2CC1. The van der Waals surface area contributed by atoms with Crippen LogP contribution in [0.3, 0.4) is 0 Å². The van der Waals surface area contributed by atoms with E-state index in [4.69, 9.17) is 0 Å². The molecule has 2 aliphatic rings. The number of hydrogen-bond donors (Lipinski definition) is 1. The molecule has 0 bridgehead atoms. The number of aromatic amines is 1. The minimum Gasteiger partial charge on any atom is -0.298 e. The number of hydrogen-bond acceptors (Lipinski definition) is 5. The van der Waals surface area contributed by atoms with Crippen LogP contribution in [0, 0.1) is 0 Å². The number of nitrogens with zero attached hydrogens (tertiary/aromatic N) is 3. The third kappa shape index (κ3) is 4.63. The van der Waals surface area contributed by atoms with Crippen molar-refractivity contribution >= 4 is 20.9 Å². The molecule has 2 aromatic heterocycles. The summed E-state index contributed by atoms with van der Waals surface area (Å²) < 4.78 is 62.3. The number of H-pyrrole nitrogens is 1. The maximum atomic E-state index is 12.9. The van der Waals surface area contributed by atoms with Crippen molar-refractivity contribution in [1.82, 2.24) is 20.1 Å². The van der Waals surface area contributed by atoms with Crippen molar-refractivity contribution in [1.29, 1.82) is 0 Å². The Morgan fingerprint density at radius 3 is 2.26 bits per heavy atom. The number of sulfone groups is 1. The maximum Gasteiger partial charge on any atom is 0.501 e. The van der Waals surface area contributed by atoms with Gasteiger partial charge in [-0.25, -0.2) is 13.4 Å². The summed E-state index contributed by atoms with van der Waals surface area (Å²) in [5.74, 6) is 0. The lowest BCUT2D eigenvalue weighted by atomic mass is 9.90. The normalized spacial score (nSPS) is 20.7. The van der Waals surface area contributed by atoms with E-state index >= 15 is 0 Å². The van der Waals surface area contributed by atoms with Gasteiger partial charge in [0.05, 0.1) is 10.6 Å². The summed E-state index contributed by atoms with van der Waals surface area (Å²) in [6.45, 7) is 4.80. The van der Waals surface area contributed by atoms with Crippen LogP contribution in [0.25, 0.3) is 33.4 Å². The topological polar surface area (TPSA) is 79.0 Å². The van der Waals surface area contributed by atoms with Gasteiger partial charge in [0.25, 0.3) is 9.84 Å². The number of aryl methyl sites for hydroxylation is 2. The number of pyridine rings is 1. The van der Waals surface area contributed by atoms with E-state index in [0.717, 1.165) is 48.9 Å². The molecule has 1 fully saturated rings. The Kier molecular flexibility index (Phi) is 6.30. The van der Waals surface area contributed by atoms with E-state index < -0.39 is 20.2 Å². The number of benzene rings is 2. The number of nitrogens with one attached hydrogen (secondary N) is 1. The fourth-order valence-corrected chi connectivity index (χ4v) is 6.76. The summed E-state index contributed by atoms with van der Waals surface area (Å²) in [6.07, 6.45) is 8.73. The Bertz CT molecular complexity index is 1640. The number of fused-ring (bicyclic) bond motifs is 2. The van der Waals surface area contributed by atoms with E-state index in [2.05, 4.69) is 45.2 Å². The zero-order valence-electron chi connectivity index (χ0n) is 21.6. The molecule has 1 N–H and O–H groups in total. The van der Waals surface area contributed by atoms with Crippen molar-refractivity contribution < 1.29 is 21.6 Å². The van der Waals surface area contributed by atoms with Gasteiger partial charge in [0.2, 0.25) is 0 Å². The molecule has 1 unspecified atom stereocenters. The molecule has 10 heteroatoms. The summed E-state index contributed by atoms with van der Waals surface area (Å²) in [7, 11) is -5.41. The van der Waals surface area contributed by atoms with Crippen LogP contribution in [0.15, 0.2) is 59.6 Å². The van der Waals surface area contributed by atoms with Crippen LogP contribution in [0.2, 0.25) is 0 Å². The van der Waals surface area contributed by atoms with Gasteiger partial charge in [-0.05, 0) is 93.4 Å². The molecular formula is C29H29F3N4O2S. The lowest BCUT2D eigenvalue weighted by Crippen LogP contribution is -2.44. The Labute approximate surface area is 225 Å². The maximum absolute atomic E-state index is 12.9. The molecule has 0 amide bonds. The quantitative estimate of drug-likeness (QED) is 0.299. The van der Waals surface area contributed by atoms with Gasteiger partial charge in [-0.15, -0.1) is 0 Å². The fourth-order valence-electron chi connectivity index (χ4n) is 6.00. The van der Waals surface area contributed by atoms with Gasteiger partial charge in [-0.2, -0.15) is 18.3 Å². The van der Waals surface area contributed by atoms with Gasteiger partial charge in [-0.1, -0.05) is 30.3 Å². The minimum atomic E-state index is -5.41. The minimum absolute atomic E-state index is 0.233. The van der Waals surface area contributed by atoms with Gasteiger partial charge in [0, 0.05) is 28.2 Å². The van der Waals surface area contributed by atoms with Crippen LogP contribution in [-0.2, 0) is 22.7 Å². The Morgan fingerprint density at radius 2 is 1.56 bits per heavy atom. The number of halogens is 3. The molecule has 1 atom stereocenters. The first-order valence-electron chi connectivity index (χ1n) is 13.2. The predicted molar refractivity (Wildman–Crippen MR) is 144 cm³/mol. The summed E-state index contributed by atoms with van der Waals surface area (Å²) >= 11 is 0. The largest absolute Gasteiger partial charge is 0.501 e. The van der Waals surface area contributed by atoms with E-state index in [1.54, 1.807) is 6.20 Å². The highest BCUT2D eigenvalue weighted by atomic mass is 32.2. The van der Waals surface area contributed by atoms with Crippen LogP contribution in [0.1, 0.15) is 43.7 Å². The van der Waals surface area contributed by atoms with Crippen molar-refractivity contribution in [3.63, 3.8) is 0 Å². The van der Waals surface area contributed by atoms with Crippen molar-refractivity contribution in [2.45, 2.75) is 61.4 Å². The summed E-state index contributed by atoms with van der Waals surface area (Å²) in [4.78, 5) is 6.38. The van der Waals surface area contributed by atoms with Crippen LogP contribution < -0.4 is 0 Å². The average molecular weight is 555 g/mol.